The molecular weight excluding hydrogens is 398 g/mol. The van der Waals surface area contributed by atoms with Crippen molar-refractivity contribution in [3.63, 3.8) is 0 Å². The van der Waals surface area contributed by atoms with E-state index in [-0.39, 0.29) is 11.7 Å². The van der Waals surface area contributed by atoms with Crippen molar-refractivity contribution in [1.29, 1.82) is 0 Å². The molecule has 3 aromatic rings. The van der Waals surface area contributed by atoms with E-state index in [2.05, 4.69) is 14.9 Å². The minimum Gasteiger partial charge on any atom is -0.508 e. The molecule has 2 heterocycles. The predicted molar refractivity (Wildman–Crippen MR) is 121 cm³/mol. The second kappa shape index (κ2) is 8.12. The summed E-state index contributed by atoms with van der Waals surface area (Å²) in [5, 5.41) is 12.9. The lowest BCUT2D eigenvalue weighted by molar-refractivity contribution is -0.115. The van der Waals surface area contributed by atoms with E-state index < -0.39 is 0 Å². The van der Waals surface area contributed by atoms with Crippen LogP contribution in [0.3, 0.4) is 0 Å². The van der Waals surface area contributed by atoms with E-state index in [9.17, 15) is 9.90 Å². The summed E-state index contributed by atoms with van der Waals surface area (Å²) in [6, 6.07) is 16.4. The standard InChI is InChI=1S/C23H21N3O3S/c1-14-12-16(15(2)26(14)18-6-8-19(27)9-7-18)13-21-22(28)25-23(30-21)24-17-4-10-20(29-3)11-5-17/h4-13,27H,1-3H3,(H,24,25,28)/b21-13+. The number of hydrogen-bond donors (Lipinski definition) is 2. The first-order chi connectivity index (χ1) is 14.4. The number of amidine groups is 1. The molecule has 152 valence electrons. The number of aromatic hydroxyl groups is 1. The van der Waals surface area contributed by atoms with Crippen LogP contribution in [-0.4, -0.2) is 27.9 Å². The first kappa shape index (κ1) is 19.8. The maximum Gasteiger partial charge on any atom is 0.264 e. The molecule has 1 saturated heterocycles. The van der Waals surface area contributed by atoms with Crippen molar-refractivity contribution in [1.82, 2.24) is 9.88 Å². The van der Waals surface area contributed by atoms with Crippen molar-refractivity contribution in [3.8, 4) is 17.2 Å². The van der Waals surface area contributed by atoms with Gasteiger partial charge in [-0.15, -0.1) is 0 Å². The summed E-state index contributed by atoms with van der Waals surface area (Å²) in [6.45, 7) is 4.02. The van der Waals surface area contributed by atoms with Crippen LogP contribution in [0.15, 0.2) is 64.5 Å². The Morgan fingerprint density at radius 2 is 1.80 bits per heavy atom. The molecule has 0 bridgehead atoms. The Morgan fingerprint density at radius 1 is 1.10 bits per heavy atom. The number of aliphatic imine (C=N–C) groups is 1. The highest BCUT2D eigenvalue weighted by atomic mass is 32.2. The van der Waals surface area contributed by atoms with Crippen molar-refractivity contribution < 1.29 is 14.6 Å². The Bertz CT molecular complexity index is 1160. The molecule has 1 aliphatic rings. The third kappa shape index (κ3) is 3.97. The molecule has 2 N–H and O–H groups in total. The molecule has 1 fully saturated rings. The highest BCUT2D eigenvalue weighted by molar-refractivity contribution is 8.18. The second-order valence-corrected chi connectivity index (χ2v) is 7.89. The number of amides is 1. The van der Waals surface area contributed by atoms with Crippen LogP contribution in [0.2, 0.25) is 0 Å². The van der Waals surface area contributed by atoms with Gasteiger partial charge in [-0.1, -0.05) is 0 Å². The summed E-state index contributed by atoms with van der Waals surface area (Å²) in [6.07, 6.45) is 1.88. The first-order valence-electron chi connectivity index (χ1n) is 9.36. The molecule has 0 saturated carbocycles. The summed E-state index contributed by atoms with van der Waals surface area (Å²) in [5.74, 6) is 0.819. The zero-order chi connectivity index (χ0) is 21.3. The lowest BCUT2D eigenvalue weighted by Gasteiger charge is -2.09. The third-order valence-electron chi connectivity index (χ3n) is 4.82. The number of ether oxygens (including phenoxy) is 1. The van der Waals surface area contributed by atoms with E-state index >= 15 is 0 Å². The van der Waals surface area contributed by atoms with Crippen molar-refractivity contribution in [2.45, 2.75) is 13.8 Å². The van der Waals surface area contributed by atoms with Gasteiger partial charge in [0.05, 0.1) is 17.7 Å². The van der Waals surface area contributed by atoms with Gasteiger partial charge in [0.2, 0.25) is 0 Å². The molecule has 7 heteroatoms. The minimum absolute atomic E-state index is 0.165. The number of hydrogen-bond acceptors (Lipinski definition) is 5. The third-order valence-corrected chi connectivity index (χ3v) is 5.73. The SMILES string of the molecule is COc1ccc(N=C2NC(=O)/C(=C\c3cc(C)n(-c4ccc(O)cc4)c3C)S2)cc1. The highest BCUT2D eigenvalue weighted by Gasteiger charge is 2.24. The number of nitrogens with zero attached hydrogens (tertiary/aromatic N) is 2. The topological polar surface area (TPSA) is 75.8 Å². The minimum atomic E-state index is -0.165. The van der Waals surface area contributed by atoms with Gasteiger partial charge >= 0.3 is 0 Å². The van der Waals surface area contributed by atoms with Gasteiger partial charge in [-0.3, -0.25) is 4.79 Å². The van der Waals surface area contributed by atoms with E-state index in [1.807, 2.05) is 62.4 Å². The number of rotatable bonds is 4. The average Bonchev–Trinajstić information content (AvgIpc) is 3.21. The van der Waals surface area contributed by atoms with Crippen molar-refractivity contribution in [3.05, 3.63) is 76.5 Å². The van der Waals surface area contributed by atoms with Crippen LogP contribution in [-0.2, 0) is 4.79 Å². The maximum absolute atomic E-state index is 12.5. The van der Waals surface area contributed by atoms with Crippen molar-refractivity contribution in [2.24, 2.45) is 4.99 Å². The summed E-state index contributed by atoms with van der Waals surface area (Å²) in [7, 11) is 1.61. The number of carbonyl (C=O) groups excluding carboxylic acids is 1. The molecule has 1 aliphatic heterocycles. The maximum atomic E-state index is 12.5. The number of nitrogens with one attached hydrogen (secondary N) is 1. The Balaban J connectivity index is 1.60. The van der Waals surface area contributed by atoms with E-state index in [0.717, 1.165) is 34.1 Å². The molecule has 4 rings (SSSR count). The van der Waals surface area contributed by atoms with Gasteiger partial charge in [0.1, 0.15) is 11.5 Å². The van der Waals surface area contributed by atoms with Gasteiger partial charge in [0.15, 0.2) is 5.17 Å². The first-order valence-corrected chi connectivity index (χ1v) is 10.2. The molecule has 1 amide bonds. The number of benzene rings is 2. The fourth-order valence-electron chi connectivity index (χ4n) is 3.33. The van der Waals surface area contributed by atoms with Crippen molar-refractivity contribution >= 4 is 34.6 Å². The Labute approximate surface area is 178 Å². The van der Waals surface area contributed by atoms with Gasteiger partial charge in [-0.2, -0.15) is 0 Å². The summed E-state index contributed by atoms with van der Waals surface area (Å²) in [4.78, 5) is 17.5. The number of carbonyl (C=O) groups is 1. The predicted octanol–water partition coefficient (Wildman–Crippen LogP) is 4.70. The van der Waals surface area contributed by atoms with Crippen molar-refractivity contribution in [2.75, 3.05) is 7.11 Å². The van der Waals surface area contributed by atoms with Gasteiger partial charge in [-0.05, 0) is 91.8 Å². The molecule has 6 nitrogen and oxygen atoms in total. The van der Waals surface area contributed by atoms with Crippen LogP contribution in [0.25, 0.3) is 11.8 Å². The molecule has 2 aromatic carbocycles. The number of aromatic nitrogens is 1. The Kier molecular flexibility index (Phi) is 5.37. The largest absolute Gasteiger partial charge is 0.508 e. The van der Waals surface area contributed by atoms with E-state index in [1.54, 1.807) is 19.2 Å². The van der Waals surface area contributed by atoms with E-state index in [4.69, 9.17) is 4.74 Å². The van der Waals surface area contributed by atoms with Crippen LogP contribution in [0.4, 0.5) is 5.69 Å². The molecular formula is C23H21N3O3S. The molecule has 30 heavy (non-hydrogen) atoms. The van der Waals surface area contributed by atoms with E-state index in [1.165, 1.54) is 11.8 Å². The summed E-state index contributed by atoms with van der Waals surface area (Å²) < 4.78 is 7.25. The van der Waals surface area contributed by atoms with Gasteiger partial charge in [-0.25, -0.2) is 4.99 Å². The quantitative estimate of drug-likeness (QED) is 0.601. The summed E-state index contributed by atoms with van der Waals surface area (Å²) >= 11 is 1.32. The summed E-state index contributed by atoms with van der Waals surface area (Å²) in [5.41, 5.74) is 4.72. The number of aryl methyl sites for hydroxylation is 1. The number of phenols is 1. The van der Waals surface area contributed by atoms with Gasteiger partial charge in [0.25, 0.3) is 5.91 Å². The molecule has 0 unspecified atom stereocenters. The highest BCUT2D eigenvalue weighted by Crippen LogP contribution is 2.31. The molecule has 0 spiro atoms. The lowest BCUT2D eigenvalue weighted by Crippen LogP contribution is -2.19. The molecule has 0 radical (unpaired) electrons. The Hall–Kier alpha value is -3.45. The number of methoxy groups -OCH3 is 1. The zero-order valence-corrected chi connectivity index (χ0v) is 17.7. The molecule has 0 aliphatic carbocycles. The van der Waals surface area contributed by atoms with Crippen LogP contribution in [0, 0.1) is 13.8 Å². The average molecular weight is 420 g/mol. The smallest absolute Gasteiger partial charge is 0.264 e. The van der Waals surface area contributed by atoms with E-state index in [0.29, 0.717) is 10.1 Å². The van der Waals surface area contributed by atoms with Crippen LogP contribution in [0.5, 0.6) is 11.5 Å². The Morgan fingerprint density at radius 3 is 2.47 bits per heavy atom. The number of phenolic OH excluding ortho intramolecular Hbond substituents is 1. The zero-order valence-electron chi connectivity index (χ0n) is 16.8. The molecule has 0 atom stereocenters. The second-order valence-electron chi connectivity index (χ2n) is 6.86. The monoisotopic (exact) mass is 419 g/mol. The van der Waals surface area contributed by atoms with Crippen LogP contribution >= 0.6 is 11.8 Å². The van der Waals surface area contributed by atoms with Gasteiger partial charge in [0, 0.05) is 17.1 Å². The normalized spacial score (nSPS) is 16.3. The fourth-order valence-corrected chi connectivity index (χ4v) is 4.16. The van der Waals surface area contributed by atoms with Gasteiger partial charge < -0.3 is 19.7 Å². The van der Waals surface area contributed by atoms with Crippen LogP contribution < -0.4 is 10.1 Å². The number of thioether (sulfide) groups is 1. The fraction of sp³-hybridized carbons (Fsp3) is 0.130. The van der Waals surface area contributed by atoms with Crippen LogP contribution in [0.1, 0.15) is 17.0 Å². The molecule has 1 aromatic heterocycles. The lowest BCUT2D eigenvalue weighted by atomic mass is 10.2.